The molecule has 2 atom stereocenters. The summed E-state index contributed by atoms with van der Waals surface area (Å²) in [5.41, 5.74) is 9.32. The van der Waals surface area contributed by atoms with E-state index in [1.165, 1.54) is 11.3 Å². The number of Topliss-reactive ketones (excluding diaryl/α,β-unsaturated/α-hetero) is 1. The van der Waals surface area contributed by atoms with Crippen LogP contribution in [0, 0.1) is 11.3 Å². The van der Waals surface area contributed by atoms with Crippen LogP contribution in [0.3, 0.4) is 0 Å². The summed E-state index contributed by atoms with van der Waals surface area (Å²) in [6, 6.07) is 4.31. The number of nitrogens with zero attached hydrogens (tertiary/aromatic N) is 6. The first kappa shape index (κ1) is 28.7. The fourth-order valence-corrected chi connectivity index (χ4v) is 6.59. The van der Waals surface area contributed by atoms with Crippen LogP contribution in [0.4, 0.5) is 5.00 Å². The number of rotatable bonds is 10. The number of likely N-dealkylation sites (N-methyl/N-ethyl adjacent to an activating group) is 1. The molecular formula is C29H39N7O2S. The number of hydrogen-bond acceptors (Lipinski definition) is 9. The van der Waals surface area contributed by atoms with Gasteiger partial charge in [0.25, 0.3) is 0 Å². The van der Waals surface area contributed by atoms with Crippen molar-refractivity contribution in [2.75, 3.05) is 34.3 Å². The number of carbonyl (C=O) groups is 1. The van der Waals surface area contributed by atoms with Crippen LogP contribution in [-0.4, -0.2) is 71.7 Å². The van der Waals surface area contributed by atoms with Crippen LogP contribution >= 0.6 is 11.3 Å². The van der Waals surface area contributed by atoms with Crippen molar-refractivity contribution in [3.8, 4) is 12.1 Å². The first-order chi connectivity index (χ1) is 18.7. The smallest absolute Gasteiger partial charge is 0.317 e. The van der Waals surface area contributed by atoms with Gasteiger partial charge in [-0.2, -0.15) is 10.2 Å². The lowest BCUT2D eigenvalue weighted by Crippen LogP contribution is -2.43. The van der Waals surface area contributed by atoms with Crippen molar-refractivity contribution in [2.45, 2.75) is 70.3 Å². The second-order valence-electron chi connectivity index (χ2n) is 10.9. The van der Waals surface area contributed by atoms with Crippen molar-refractivity contribution in [1.29, 1.82) is 5.26 Å². The molecule has 1 unspecified atom stereocenters. The molecular weight excluding hydrogens is 510 g/mol. The first-order valence-corrected chi connectivity index (χ1v) is 14.5. The maximum atomic E-state index is 14.1. The lowest BCUT2D eigenvalue weighted by molar-refractivity contribution is -0.117. The van der Waals surface area contributed by atoms with E-state index in [0.717, 1.165) is 49.1 Å². The summed E-state index contributed by atoms with van der Waals surface area (Å²) in [6.45, 7) is 5.74. The summed E-state index contributed by atoms with van der Waals surface area (Å²) in [4.78, 5) is 32.7. The lowest BCUT2D eigenvalue weighted by Gasteiger charge is -2.31. The number of allylic oxidation sites excluding steroid dienone is 1. The van der Waals surface area contributed by atoms with Gasteiger partial charge in [0.15, 0.2) is 5.78 Å². The minimum absolute atomic E-state index is 0.0334. The Morgan fingerprint density at radius 3 is 2.90 bits per heavy atom. The largest absolute Gasteiger partial charge is 0.461 e. The van der Waals surface area contributed by atoms with Gasteiger partial charge in [0.1, 0.15) is 17.7 Å². The fourth-order valence-electron chi connectivity index (χ4n) is 5.40. The van der Waals surface area contributed by atoms with Crippen molar-refractivity contribution in [3.05, 3.63) is 39.5 Å². The van der Waals surface area contributed by atoms with Crippen LogP contribution in [0.15, 0.2) is 22.8 Å². The number of aromatic nitrogens is 2. The molecule has 0 radical (unpaired) electrons. The molecule has 2 aliphatic rings. The van der Waals surface area contributed by atoms with E-state index in [1.807, 2.05) is 25.9 Å². The van der Waals surface area contributed by atoms with Gasteiger partial charge < -0.3 is 15.4 Å². The van der Waals surface area contributed by atoms with Crippen LogP contribution < -0.4 is 10.5 Å². The third-order valence-electron chi connectivity index (χ3n) is 7.76. The number of thiophene rings is 1. The lowest BCUT2D eigenvalue weighted by atomic mass is 9.79. The predicted molar refractivity (Wildman–Crippen MR) is 155 cm³/mol. The number of hydrogen-bond donors (Lipinski definition) is 1. The molecule has 1 saturated heterocycles. The number of ether oxygens (including phenoxy) is 1. The highest BCUT2D eigenvalue weighted by molar-refractivity contribution is 7.16. The zero-order valence-corrected chi connectivity index (χ0v) is 24.5. The number of nitrogens with two attached hydrogens (primary N) is 1. The molecule has 2 N–H and O–H groups in total. The normalized spacial score (nSPS) is 21.9. The van der Waals surface area contributed by atoms with Crippen LogP contribution in [0.1, 0.15) is 80.0 Å². The molecule has 2 aromatic heterocycles. The first-order valence-electron chi connectivity index (χ1n) is 13.6. The number of nitriles is 1. The van der Waals surface area contributed by atoms with Crippen molar-refractivity contribution >= 4 is 34.2 Å². The summed E-state index contributed by atoms with van der Waals surface area (Å²) in [7, 11) is 5.88. The van der Waals surface area contributed by atoms with E-state index in [0.29, 0.717) is 47.0 Å². The monoisotopic (exact) mass is 549 g/mol. The van der Waals surface area contributed by atoms with Crippen LogP contribution in [0.5, 0.6) is 6.01 Å². The molecule has 0 saturated carbocycles. The summed E-state index contributed by atoms with van der Waals surface area (Å²) in [5, 5.41) is 10.7. The summed E-state index contributed by atoms with van der Waals surface area (Å²) in [5.74, 6) is -0.452. The topological polar surface area (TPSA) is 121 Å². The quantitative estimate of drug-likeness (QED) is 0.258. The zero-order chi connectivity index (χ0) is 28.2. The third-order valence-corrected chi connectivity index (χ3v) is 8.93. The van der Waals surface area contributed by atoms with Gasteiger partial charge in [-0.3, -0.25) is 9.69 Å². The summed E-state index contributed by atoms with van der Waals surface area (Å²) < 4.78 is 6.01. The molecule has 1 fully saturated rings. The van der Waals surface area contributed by atoms with E-state index in [9.17, 15) is 10.1 Å². The van der Waals surface area contributed by atoms with E-state index >= 15 is 0 Å². The Morgan fingerprint density at radius 2 is 2.23 bits per heavy atom. The molecule has 208 valence electrons. The summed E-state index contributed by atoms with van der Waals surface area (Å²) in [6.07, 6.45) is 9.19. The van der Waals surface area contributed by atoms with Gasteiger partial charge in [-0.15, -0.1) is 11.3 Å². The van der Waals surface area contributed by atoms with Gasteiger partial charge in [-0.1, -0.05) is 13.3 Å². The highest BCUT2D eigenvalue weighted by Gasteiger charge is 2.36. The number of likely N-dealkylation sites (tertiary alicyclic amines) is 1. The van der Waals surface area contributed by atoms with Gasteiger partial charge in [0, 0.05) is 36.7 Å². The zero-order valence-electron chi connectivity index (χ0n) is 23.7. The van der Waals surface area contributed by atoms with Gasteiger partial charge in [0.2, 0.25) is 0 Å². The number of fused-ring (bicyclic) bond motifs is 1. The minimum atomic E-state index is -0.418. The SMILES string of the molecule is CCC/C(C(=O)[C@H]1CCCc2sc(/N=C/N(C)C)c(C#N)c21)=C(/N)c1ccnc(OCC2(C)CCCN2C)n1. The van der Waals surface area contributed by atoms with E-state index in [-0.39, 0.29) is 17.3 Å². The third kappa shape index (κ3) is 6.15. The van der Waals surface area contributed by atoms with Crippen LogP contribution in [-0.2, 0) is 11.2 Å². The molecule has 2 aromatic rings. The number of carbonyl (C=O) groups excluding carboxylic acids is 1. The molecule has 0 aromatic carbocycles. The van der Waals surface area contributed by atoms with Crippen molar-refractivity contribution in [1.82, 2.24) is 19.8 Å². The van der Waals surface area contributed by atoms with E-state index in [2.05, 4.69) is 39.9 Å². The van der Waals surface area contributed by atoms with Crippen LogP contribution in [0.25, 0.3) is 5.70 Å². The second-order valence-corrected chi connectivity index (χ2v) is 12.0. The molecule has 1 aliphatic heterocycles. The van der Waals surface area contributed by atoms with Gasteiger partial charge in [-0.05, 0) is 70.7 Å². The summed E-state index contributed by atoms with van der Waals surface area (Å²) >= 11 is 1.51. The molecule has 39 heavy (non-hydrogen) atoms. The minimum Gasteiger partial charge on any atom is -0.461 e. The standard InChI is InChI=1S/C29H39N7O2S/c1-6-9-20(25(31)22-12-14-32-28(34-22)38-17-29(2)13-8-15-36(29)5)26(37)19-10-7-11-23-24(19)21(16-30)27(39-23)33-18-35(3)4/h12,14,18-19H,6-11,13,15,17,31H2,1-5H3/b25-20-,33-18+/t19-,29?/m0/s1. The fraction of sp³-hybridized carbons (Fsp3) is 0.552. The Morgan fingerprint density at radius 1 is 1.44 bits per heavy atom. The Labute approximate surface area is 235 Å². The Bertz CT molecular complexity index is 1310. The van der Waals surface area contributed by atoms with E-state index < -0.39 is 5.92 Å². The predicted octanol–water partition coefficient (Wildman–Crippen LogP) is 4.65. The highest BCUT2D eigenvalue weighted by atomic mass is 32.1. The Balaban J connectivity index is 1.65. The second kappa shape index (κ2) is 12.3. The number of ketones is 1. The maximum absolute atomic E-state index is 14.1. The van der Waals surface area contributed by atoms with E-state index in [4.69, 9.17) is 10.5 Å². The highest BCUT2D eigenvalue weighted by Crippen LogP contribution is 2.46. The van der Waals surface area contributed by atoms with Crippen molar-refractivity contribution in [3.63, 3.8) is 0 Å². The molecule has 0 amide bonds. The van der Waals surface area contributed by atoms with Gasteiger partial charge in [0.05, 0.1) is 28.8 Å². The van der Waals surface area contributed by atoms with Crippen molar-refractivity contribution < 1.29 is 9.53 Å². The molecule has 0 spiro atoms. The van der Waals surface area contributed by atoms with Crippen molar-refractivity contribution in [2.24, 2.45) is 10.7 Å². The molecule has 9 nitrogen and oxygen atoms in total. The molecule has 0 bridgehead atoms. The van der Waals surface area contributed by atoms with Gasteiger partial charge in [-0.25, -0.2) is 9.98 Å². The average molecular weight is 550 g/mol. The van der Waals surface area contributed by atoms with Crippen LogP contribution in [0.2, 0.25) is 0 Å². The van der Waals surface area contributed by atoms with Gasteiger partial charge >= 0.3 is 6.01 Å². The average Bonchev–Trinajstić information content (AvgIpc) is 3.47. The molecule has 3 heterocycles. The Kier molecular flexibility index (Phi) is 9.03. The molecule has 1 aliphatic carbocycles. The Hall–Kier alpha value is -3.29. The molecule has 4 rings (SSSR count). The number of aryl methyl sites for hydroxylation is 1. The molecule has 10 heteroatoms. The van der Waals surface area contributed by atoms with E-state index in [1.54, 1.807) is 18.6 Å². The maximum Gasteiger partial charge on any atom is 0.317 e. The number of aliphatic imine (C=N–C) groups is 1.